The average Bonchev–Trinajstić information content (AvgIpc) is 3.34. The molecule has 2 aliphatic rings. The Morgan fingerprint density at radius 2 is 2.04 bits per heavy atom. The molecule has 1 aliphatic carbocycles. The first kappa shape index (κ1) is 15.5. The third-order valence-corrected chi connectivity index (χ3v) is 7.68. The topological polar surface area (TPSA) is 33.2 Å². The average molecular weight is 369 g/mol. The van der Waals surface area contributed by atoms with E-state index in [-0.39, 0.29) is 11.9 Å². The Bertz CT molecular complexity index is 888. The van der Waals surface area contributed by atoms with Gasteiger partial charge in [0.1, 0.15) is 5.01 Å². The predicted octanol–water partition coefficient (Wildman–Crippen LogP) is 5.21. The molecule has 2 aromatic heterocycles. The molecule has 1 saturated heterocycles. The van der Waals surface area contributed by atoms with Crippen LogP contribution in [0.2, 0.25) is 0 Å². The highest BCUT2D eigenvalue weighted by Gasteiger charge is 2.32. The molecule has 0 N–H and O–H groups in total. The molecule has 5 heteroatoms. The number of aromatic nitrogens is 1. The van der Waals surface area contributed by atoms with E-state index in [9.17, 15) is 4.79 Å². The highest BCUT2D eigenvalue weighted by molar-refractivity contribution is 7.18. The van der Waals surface area contributed by atoms with Crippen LogP contribution in [0.3, 0.4) is 0 Å². The lowest BCUT2D eigenvalue weighted by atomic mass is 10.0. The summed E-state index contributed by atoms with van der Waals surface area (Å²) in [4.78, 5) is 22.5. The molecule has 0 radical (unpaired) electrons. The molecule has 25 heavy (non-hydrogen) atoms. The fraction of sp³-hybridized carbons (Fsp3) is 0.400. The van der Waals surface area contributed by atoms with Crippen LogP contribution in [0, 0.1) is 0 Å². The van der Waals surface area contributed by atoms with E-state index in [2.05, 4.69) is 29.2 Å². The minimum atomic E-state index is 0.135. The number of aryl methyl sites for hydroxylation is 2. The van der Waals surface area contributed by atoms with Crippen LogP contribution in [-0.4, -0.2) is 22.3 Å². The summed E-state index contributed by atoms with van der Waals surface area (Å²) in [6.45, 7) is 0.849. The number of rotatable bonds is 2. The number of hydrogen-bond acceptors (Lipinski definition) is 4. The summed E-state index contributed by atoms with van der Waals surface area (Å²) in [5.41, 5.74) is 2.46. The number of likely N-dealkylation sites (tertiary alicyclic amines) is 1. The Morgan fingerprint density at radius 1 is 1.12 bits per heavy atom. The van der Waals surface area contributed by atoms with Crippen molar-refractivity contribution in [3.05, 3.63) is 50.7 Å². The molecule has 0 saturated carbocycles. The standard InChI is InChI=1S/C20H20N2OS2/c23-20(18-12-13-6-5-10-16(13)24-18)22-11-4-3-8-15(22)19-21-14-7-1-2-9-17(14)25-19/h1-2,7,9,12,15H,3-6,8,10-11H2/t15-/m0/s1. The molecule has 5 rings (SSSR count). The number of hydrogen-bond donors (Lipinski definition) is 0. The van der Waals surface area contributed by atoms with E-state index in [4.69, 9.17) is 4.98 Å². The molecule has 3 heterocycles. The molecular formula is C20H20N2OS2. The summed E-state index contributed by atoms with van der Waals surface area (Å²) < 4.78 is 1.21. The van der Waals surface area contributed by atoms with Crippen molar-refractivity contribution in [1.29, 1.82) is 0 Å². The quantitative estimate of drug-likeness (QED) is 0.622. The number of amides is 1. The van der Waals surface area contributed by atoms with Crippen LogP contribution in [0.5, 0.6) is 0 Å². The van der Waals surface area contributed by atoms with Gasteiger partial charge in [-0.15, -0.1) is 22.7 Å². The first-order valence-corrected chi connectivity index (χ1v) is 10.7. The monoisotopic (exact) mass is 368 g/mol. The summed E-state index contributed by atoms with van der Waals surface area (Å²) in [5, 5.41) is 1.10. The van der Waals surface area contributed by atoms with Crippen molar-refractivity contribution in [2.75, 3.05) is 6.54 Å². The Hall–Kier alpha value is -1.72. The molecule has 0 bridgehead atoms. The molecule has 1 aromatic carbocycles. The maximum absolute atomic E-state index is 13.2. The van der Waals surface area contributed by atoms with Crippen molar-refractivity contribution in [3.63, 3.8) is 0 Å². The van der Waals surface area contributed by atoms with Crippen molar-refractivity contribution < 1.29 is 4.79 Å². The molecule has 1 fully saturated rings. The second-order valence-electron chi connectivity index (χ2n) is 6.94. The van der Waals surface area contributed by atoms with E-state index in [0.717, 1.165) is 47.6 Å². The van der Waals surface area contributed by atoms with Crippen LogP contribution in [0.15, 0.2) is 30.3 Å². The van der Waals surface area contributed by atoms with Crippen LogP contribution in [-0.2, 0) is 12.8 Å². The van der Waals surface area contributed by atoms with Gasteiger partial charge in [-0.2, -0.15) is 0 Å². The predicted molar refractivity (Wildman–Crippen MR) is 104 cm³/mol. The van der Waals surface area contributed by atoms with E-state index in [0.29, 0.717) is 0 Å². The zero-order valence-electron chi connectivity index (χ0n) is 14.0. The Morgan fingerprint density at radius 3 is 2.92 bits per heavy atom. The van der Waals surface area contributed by atoms with Gasteiger partial charge in [0.15, 0.2) is 0 Å². The summed E-state index contributed by atoms with van der Waals surface area (Å²) in [6, 6.07) is 10.6. The van der Waals surface area contributed by atoms with Gasteiger partial charge in [-0.05, 0) is 62.3 Å². The summed E-state index contributed by atoms with van der Waals surface area (Å²) in [7, 11) is 0. The minimum absolute atomic E-state index is 0.135. The summed E-state index contributed by atoms with van der Waals surface area (Å²) >= 11 is 3.46. The maximum atomic E-state index is 13.2. The molecular weight excluding hydrogens is 348 g/mol. The minimum Gasteiger partial charge on any atom is -0.328 e. The Labute approximate surface area is 155 Å². The number of fused-ring (bicyclic) bond motifs is 2. The van der Waals surface area contributed by atoms with E-state index in [1.807, 2.05) is 6.07 Å². The van der Waals surface area contributed by atoms with E-state index < -0.39 is 0 Å². The normalized spacial score (nSPS) is 20.2. The fourth-order valence-electron chi connectivity index (χ4n) is 4.04. The molecule has 0 unspecified atom stereocenters. The largest absolute Gasteiger partial charge is 0.328 e. The molecule has 1 amide bonds. The first-order valence-electron chi connectivity index (χ1n) is 9.07. The number of thiazole rings is 1. The van der Waals surface area contributed by atoms with Crippen molar-refractivity contribution in [3.8, 4) is 0 Å². The number of benzene rings is 1. The van der Waals surface area contributed by atoms with E-state index in [1.165, 1.54) is 28.0 Å². The van der Waals surface area contributed by atoms with Crippen LogP contribution < -0.4 is 0 Å². The SMILES string of the molecule is O=C(c1cc2c(s1)CCC2)N1CCCC[C@H]1c1nc2ccccc2s1. The lowest BCUT2D eigenvalue weighted by Crippen LogP contribution is -2.38. The number of thiophene rings is 1. The number of carbonyl (C=O) groups is 1. The van der Waals surface area contributed by atoms with Gasteiger partial charge in [-0.1, -0.05) is 12.1 Å². The fourth-order valence-corrected chi connectivity index (χ4v) is 6.36. The van der Waals surface area contributed by atoms with Crippen LogP contribution in [0.1, 0.15) is 56.8 Å². The number of carbonyl (C=O) groups excluding carboxylic acids is 1. The van der Waals surface area contributed by atoms with Crippen LogP contribution in [0.25, 0.3) is 10.2 Å². The van der Waals surface area contributed by atoms with Crippen molar-refractivity contribution >= 4 is 38.8 Å². The van der Waals surface area contributed by atoms with E-state index in [1.54, 1.807) is 22.7 Å². The highest BCUT2D eigenvalue weighted by Crippen LogP contribution is 2.38. The number of para-hydroxylation sites is 1. The third kappa shape index (κ3) is 2.70. The van der Waals surface area contributed by atoms with Gasteiger partial charge < -0.3 is 4.90 Å². The van der Waals surface area contributed by atoms with Gasteiger partial charge in [-0.3, -0.25) is 4.79 Å². The molecule has 1 aliphatic heterocycles. The second kappa shape index (κ2) is 6.22. The molecule has 3 nitrogen and oxygen atoms in total. The van der Waals surface area contributed by atoms with Crippen LogP contribution >= 0.6 is 22.7 Å². The van der Waals surface area contributed by atoms with Crippen LogP contribution in [0.4, 0.5) is 0 Å². The van der Waals surface area contributed by atoms with Crippen molar-refractivity contribution in [2.24, 2.45) is 0 Å². The molecule has 0 spiro atoms. The zero-order valence-corrected chi connectivity index (χ0v) is 15.7. The Balaban J connectivity index is 1.48. The van der Waals surface area contributed by atoms with E-state index >= 15 is 0 Å². The van der Waals surface area contributed by atoms with Crippen molar-refractivity contribution in [2.45, 2.75) is 44.6 Å². The number of nitrogens with zero attached hydrogens (tertiary/aromatic N) is 2. The zero-order chi connectivity index (χ0) is 16.8. The Kier molecular flexibility index (Phi) is 3.86. The molecule has 128 valence electrons. The van der Waals surface area contributed by atoms with Crippen molar-refractivity contribution in [1.82, 2.24) is 9.88 Å². The summed E-state index contributed by atoms with van der Waals surface area (Å²) in [5.74, 6) is 0.211. The van der Waals surface area contributed by atoms with Gasteiger partial charge >= 0.3 is 0 Å². The van der Waals surface area contributed by atoms with Gasteiger partial charge in [0.2, 0.25) is 0 Å². The molecule has 1 atom stereocenters. The van der Waals surface area contributed by atoms with Gasteiger partial charge in [-0.25, -0.2) is 4.98 Å². The lowest BCUT2D eigenvalue weighted by Gasteiger charge is -2.34. The van der Waals surface area contributed by atoms with Gasteiger partial charge in [0, 0.05) is 11.4 Å². The first-order chi connectivity index (χ1) is 12.3. The lowest BCUT2D eigenvalue weighted by molar-refractivity contribution is 0.0616. The third-order valence-electron chi connectivity index (χ3n) is 5.32. The smallest absolute Gasteiger partial charge is 0.264 e. The number of piperidine rings is 1. The van der Waals surface area contributed by atoms with Gasteiger partial charge in [0.25, 0.3) is 5.91 Å². The highest BCUT2D eigenvalue weighted by atomic mass is 32.1. The maximum Gasteiger partial charge on any atom is 0.264 e. The summed E-state index contributed by atoms with van der Waals surface area (Å²) in [6.07, 6.45) is 6.82. The molecule has 3 aromatic rings. The van der Waals surface area contributed by atoms with Gasteiger partial charge in [0.05, 0.1) is 21.1 Å². The second-order valence-corrected chi connectivity index (χ2v) is 9.14.